The molecule has 0 saturated carbocycles. The molecule has 0 bridgehead atoms. The standard InChI is InChI=1S/C16H17Br2NO/c1-11(19)8-13-5-3-7-15(18)16(13)20-10-12-4-2-6-14(17)9-12/h2-7,9,11H,8,10,19H2,1H3. The molecule has 2 N–H and O–H groups in total. The maximum absolute atomic E-state index is 5.99. The van der Waals surface area contributed by atoms with Gasteiger partial charge in [0.1, 0.15) is 12.4 Å². The third kappa shape index (κ3) is 4.33. The third-order valence-electron chi connectivity index (χ3n) is 2.86. The molecule has 0 saturated heterocycles. The molecule has 0 aliphatic carbocycles. The van der Waals surface area contributed by atoms with Crippen molar-refractivity contribution in [2.75, 3.05) is 0 Å². The Balaban J connectivity index is 2.16. The van der Waals surface area contributed by atoms with Crippen LogP contribution >= 0.6 is 31.9 Å². The number of hydrogen-bond acceptors (Lipinski definition) is 2. The zero-order valence-corrected chi connectivity index (χ0v) is 14.4. The minimum atomic E-state index is 0.109. The number of nitrogens with two attached hydrogens (primary N) is 1. The Morgan fingerprint density at radius 3 is 2.60 bits per heavy atom. The van der Waals surface area contributed by atoms with Crippen molar-refractivity contribution in [1.82, 2.24) is 0 Å². The van der Waals surface area contributed by atoms with Gasteiger partial charge in [-0.15, -0.1) is 0 Å². The molecule has 0 spiro atoms. The van der Waals surface area contributed by atoms with Gasteiger partial charge < -0.3 is 10.5 Å². The lowest BCUT2D eigenvalue weighted by atomic mass is 10.1. The Morgan fingerprint density at radius 1 is 1.15 bits per heavy atom. The minimum absolute atomic E-state index is 0.109. The Kier molecular flexibility index (Phi) is 5.64. The van der Waals surface area contributed by atoms with Crippen LogP contribution in [0.2, 0.25) is 0 Å². The van der Waals surface area contributed by atoms with E-state index in [2.05, 4.69) is 44.0 Å². The fraction of sp³-hybridized carbons (Fsp3) is 0.250. The van der Waals surface area contributed by atoms with E-state index in [9.17, 15) is 0 Å². The van der Waals surface area contributed by atoms with Gasteiger partial charge in [-0.25, -0.2) is 0 Å². The van der Waals surface area contributed by atoms with Crippen molar-refractivity contribution in [3.05, 3.63) is 62.5 Å². The molecule has 106 valence electrons. The largest absolute Gasteiger partial charge is 0.487 e. The van der Waals surface area contributed by atoms with Crippen molar-refractivity contribution >= 4 is 31.9 Å². The van der Waals surface area contributed by atoms with Gasteiger partial charge in [-0.2, -0.15) is 0 Å². The fourth-order valence-corrected chi connectivity index (χ4v) is 2.97. The summed E-state index contributed by atoms with van der Waals surface area (Å²) in [5.74, 6) is 0.879. The molecule has 0 aliphatic heterocycles. The van der Waals surface area contributed by atoms with Gasteiger partial charge in [0, 0.05) is 10.5 Å². The van der Waals surface area contributed by atoms with E-state index in [4.69, 9.17) is 10.5 Å². The fourth-order valence-electron chi connectivity index (χ4n) is 2.01. The predicted molar refractivity (Wildman–Crippen MR) is 90.0 cm³/mol. The molecule has 1 unspecified atom stereocenters. The summed E-state index contributed by atoms with van der Waals surface area (Å²) in [6.07, 6.45) is 0.799. The number of ether oxygens (including phenoxy) is 1. The van der Waals surface area contributed by atoms with Crippen molar-refractivity contribution in [2.24, 2.45) is 5.73 Å². The molecule has 20 heavy (non-hydrogen) atoms. The normalized spacial score (nSPS) is 12.2. The SMILES string of the molecule is CC(N)Cc1cccc(Br)c1OCc1cccc(Br)c1. The summed E-state index contributed by atoms with van der Waals surface area (Å²) < 4.78 is 8.01. The summed E-state index contributed by atoms with van der Waals surface area (Å²) in [6, 6.07) is 14.3. The number of hydrogen-bond donors (Lipinski definition) is 1. The summed E-state index contributed by atoms with van der Waals surface area (Å²) in [5.41, 5.74) is 8.15. The first-order chi connectivity index (χ1) is 9.56. The Morgan fingerprint density at radius 2 is 1.90 bits per heavy atom. The lowest BCUT2D eigenvalue weighted by Gasteiger charge is -2.15. The van der Waals surface area contributed by atoms with Gasteiger partial charge in [-0.3, -0.25) is 0 Å². The number of benzene rings is 2. The predicted octanol–water partition coefficient (Wildman–Crippen LogP) is 4.68. The molecule has 2 rings (SSSR count). The molecule has 0 fully saturated rings. The molecule has 1 atom stereocenters. The maximum Gasteiger partial charge on any atom is 0.137 e. The van der Waals surface area contributed by atoms with Gasteiger partial charge in [0.15, 0.2) is 0 Å². The average Bonchev–Trinajstić information content (AvgIpc) is 2.37. The van der Waals surface area contributed by atoms with Crippen LogP contribution in [0.4, 0.5) is 0 Å². The second-order valence-corrected chi connectivity index (χ2v) is 6.60. The Bertz CT molecular complexity index is 584. The van der Waals surface area contributed by atoms with Crippen molar-refractivity contribution < 1.29 is 4.74 Å². The Labute approximate surface area is 136 Å². The van der Waals surface area contributed by atoms with E-state index in [0.29, 0.717) is 6.61 Å². The zero-order chi connectivity index (χ0) is 14.5. The van der Waals surface area contributed by atoms with Crippen LogP contribution in [0.25, 0.3) is 0 Å². The first-order valence-electron chi connectivity index (χ1n) is 6.46. The van der Waals surface area contributed by atoms with E-state index in [0.717, 1.165) is 32.2 Å². The van der Waals surface area contributed by atoms with Gasteiger partial charge in [0.05, 0.1) is 4.47 Å². The van der Waals surface area contributed by atoms with Crippen LogP contribution in [0.5, 0.6) is 5.75 Å². The lowest BCUT2D eigenvalue weighted by molar-refractivity contribution is 0.300. The monoisotopic (exact) mass is 397 g/mol. The second-order valence-electron chi connectivity index (χ2n) is 4.83. The minimum Gasteiger partial charge on any atom is -0.487 e. The summed E-state index contributed by atoms with van der Waals surface area (Å²) in [5, 5.41) is 0. The van der Waals surface area contributed by atoms with Gasteiger partial charge in [0.25, 0.3) is 0 Å². The molecule has 0 heterocycles. The molecule has 0 aliphatic rings. The van der Waals surface area contributed by atoms with Crippen LogP contribution in [0.1, 0.15) is 18.1 Å². The highest BCUT2D eigenvalue weighted by atomic mass is 79.9. The van der Waals surface area contributed by atoms with Crippen LogP contribution in [0, 0.1) is 0 Å². The summed E-state index contributed by atoms with van der Waals surface area (Å²) in [7, 11) is 0. The third-order valence-corrected chi connectivity index (χ3v) is 3.98. The maximum atomic E-state index is 5.99. The zero-order valence-electron chi connectivity index (χ0n) is 11.3. The first-order valence-corrected chi connectivity index (χ1v) is 8.05. The lowest BCUT2D eigenvalue weighted by Crippen LogP contribution is -2.18. The smallest absolute Gasteiger partial charge is 0.137 e. The topological polar surface area (TPSA) is 35.2 Å². The quantitative estimate of drug-likeness (QED) is 0.793. The second kappa shape index (κ2) is 7.25. The highest BCUT2D eigenvalue weighted by Gasteiger charge is 2.10. The van der Waals surface area contributed by atoms with Crippen LogP contribution in [-0.2, 0) is 13.0 Å². The molecular weight excluding hydrogens is 382 g/mol. The van der Waals surface area contributed by atoms with Crippen molar-refractivity contribution in [3.8, 4) is 5.75 Å². The van der Waals surface area contributed by atoms with Gasteiger partial charge >= 0.3 is 0 Å². The summed E-state index contributed by atoms with van der Waals surface area (Å²) >= 11 is 7.02. The molecular formula is C16H17Br2NO. The molecule has 4 heteroatoms. The number of rotatable bonds is 5. The van der Waals surface area contributed by atoms with Crippen LogP contribution in [0.3, 0.4) is 0 Å². The van der Waals surface area contributed by atoms with Crippen molar-refractivity contribution in [3.63, 3.8) is 0 Å². The highest BCUT2D eigenvalue weighted by Crippen LogP contribution is 2.30. The van der Waals surface area contributed by atoms with Crippen molar-refractivity contribution in [2.45, 2.75) is 26.0 Å². The van der Waals surface area contributed by atoms with E-state index >= 15 is 0 Å². The Hall–Kier alpha value is -0.840. The van der Waals surface area contributed by atoms with Gasteiger partial charge in [-0.1, -0.05) is 40.2 Å². The average molecular weight is 399 g/mol. The van der Waals surface area contributed by atoms with Gasteiger partial charge in [-0.05, 0) is 58.6 Å². The van der Waals surface area contributed by atoms with Crippen LogP contribution in [-0.4, -0.2) is 6.04 Å². The number of halogens is 2. The number of para-hydroxylation sites is 1. The molecule has 2 aromatic carbocycles. The van der Waals surface area contributed by atoms with Crippen LogP contribution in [0.15, 0.2) is 51.4 Å². The van der Waals surface area contributed by atoms with Crippen LogP contribution < -0.4 is 10.5 Å². The van der Waals surface area contributed by atoms with E-state index in [1.807, 2.05) is 37.3 Å². The molecule has 0 amide bonds. The van der Waals surface area contributed by atoms with E-state index in [1.165, 1.54) is 0 Å². The molecule has 0 aromatic heterocycles. The van der Waals surface area contributed by atoms with Gasteiger partial charge in [0.2, 0.25) is 0 Å². The summed E-state index contributed by atoms with van der Waals surface area (Å²) in [6.45, 7) is 2.53. The first kappa shape index (κ1) is 15.5. The summed E-state index contributed by atoms with van der Waals surface area (Å²) in [4.78, 5) is 0. The van der Waals surface area contributed by atoms with Crippen molar-refractivity contribution in [1.29, 1.82) is 0 Å². The molecule has 2 aromatic rings. The van der Waals surface area contributed by atoms with E-state index in [-0.39, 0.29) is 6.04 Å². The van der Waals surface area contributed by atoms with E-state index in [1.54, 1.807) is 0 Å². The van der Waals surface area contributed by atoms with E-state index < -0.39 is 0 Å². The molecule has 2 nitrogen and oxygen atoms in total. The highest BCUT2D eigenvalue weighted by molar-refractivity contribution is 9.10. The molecule has 0 radical (unpaired) electrons.